The lowest BCUT2D eigenvalue weighted by molar-refractivity contribution is 0.102. The van der Waals surface area contributed by atoms with Crippen molar-refractivity contribution in [1.82, 2.24) is 4.98 Å². The molecule has 0 unspecified atom stereocenters. The quantitative estimate of drug-likeness (QED) is 0.727. The van der Waals surface area contributed by atoms with Gasteiger partial charge >= 0.3 is 0 Å². The topological polar surface area (TPSA) is 63.2 Å². The van der Waals surface area contributed by atoms with E-state index in [0.717, 1.165) is 28.4 Å². The maximum Gasteiger partial charge on any atom is 0.257 e. The summed E-state index contributed by atoms with van der Waals surface area (Å²) < 4.78 is 5.21. The average molecular weight is 333 g/mol. The average Bonchev–Trinajstić information content (AvgIpc) is 2.62. The number of hydrogen-bond acceptors (Lipinski definition) is 4. The fraction of sp³-hybridized carbons (Fsp3) is 0.100. The van der Waals surface area contributed by atoms with Crippen molar-refractivity contribution in [3.05, 3.63) is 78.1 Å². The van der Waals surface area contributed by atoms with E-state index in [1.54, 1.807) is 25.6 Å². The molecule has 2 aromatic carbocycles. The number of methoxy groups -OCH3 is 1. The minimum atomic E-state index is -0.201. The summed E-state index contributed by atoms with van der Waals surface area (Å²) in [6, 6.07) is 17.0. The highest BCUT2D eigenvalue weighted by molar-refractivity contribution is 6.04. The number of carbonyl (C=O) groups excluding carboxylic acids is 1. The largest absolute Gasteiger partial charge is 0.497 e. The first-order valence-corrected chi connectivity index (χ1v) is 7.88. The number of pyridine rings is 1. The van der Waals surface area contributed by atoms with Crippen molar-refractivity contribution < 1.29 is 9.53 Å². The van der Waals surface area contributed by atoms with Crippen LogP contribution in [-0.2, 0) is 0 Å². The number of hydrogen-bond donors (Lipinski definition) is 2. The van der Waals surface area contributed by atoms with Gasteiger partial charge in [0, 0.05) is 23.6 Å². The van der Waals surface area contributed by atoms with Gasteiger partial charge in [-0.25, -0.2) is 0 Å². The van der Waals surface area contributed by atoms with Crippen molar-refractivity contribution in [2.45, 2.75) is 6.92 Å². The zero-order chi connectivity index (χ0) is 17.6. The zero-order valence-corrected chi connectivity index (χ0v) is 14.1. The Morgan fingerprint density at radius 1 is 0.960 bits per heavy atom. The highest BCUT2D eigenvalue weighted by Gasteiger charge is 2.08. The van der Waals surface area contributed by atoms with Crippen LogP contribution in [0.2, 0.25) is 0 Å². The molecule has 126 valence electrons. The van der Waals surface area contributed by atoms with Crippen LogP contribution in [-0.4, -0.2) is 18.0 Å². The molecule has 5 nitrogen and oxygen atoms in total. The van der Waals surface area contributed by atoms with E-state index >= 15 is 0 Å². The minimum absolute atomic E-state index is 0.201. The van der Waals surface area contributed by atoms with Crippen LogP contribution in [0, 0.1) is 6.92 Å². The summed E-state index contributed by atoms with van der Waals surface area (Å²) in [5.74, 6) is 0.554. The number of anilines is 3. The first-order valence-electron chi connectivity index (χ1n) is 7.88. The number of amides is 1. The van der Waals surface area contributed by atoms with Crippen LogP contribution in [0.4, 0.5) is 17.1 Å². The van der Waals surface area contributed by atoms with Crippen molar-refractivity contribution in [2.75, 3.05) is 17.7 Å². The Kier molecular flexibility index (Phi) is 4.95. The molecule has 25 heavy (non-hydrogen) atoms. The van der Waals surface area contributed by atoms with E-state index in [-0.39, 0.29) is 5.91 Å². The van der Waals surface area contributed by atoms with Gasteiger partial charge in [0.1, 0.15) is 5.75 Å². The minimum Gasteiger partial charge on any atom is -0.497 e. The fourth-order valence-corrected chi connectivity index (χ4v) is 2.43. The van der Waals surface area contributed by atoms with Crippen LogP contribution < -0.4 is 15.4 Å². The van der Waals surface area contributed by atoms with Crippen LogP contribution in [0.5, 0.6) is 5.75 Å². The Balaban J connectivity index is 1.75. The lowest BCUT2D eigenvalue weighted by Gasteiger charge is -2.10. The van der Waals surface area contributed by atoms with Gasteiger partial charge < -0.3 is 15.4 Å². The first kappa shape index (κ1) is 16.5. The highest BCUT2D eigenvalue weighted by atomic mass is 16.5. The van der Waals surface area contributed by atoms with Crippen LogP contribution in [0.1, 0.15) is 15.9 Å². The number of rotatable bonds is 5. The molecular formula is C20H19N3O2. The van der Waals surface area contributed by atoms with Gasteiger partial charge in [0.15, 0.2) is 0 Å². The molecule has 2 N–H and O–H groups in total. The standard InChI is InChI=1S/C20H19N3O2/c1-14-5-3-6-16(9-14)23-20(24)15-10-18(13-21-12-15)22-17-7-4-8-19(11-17)25-2/h3-13,22H,1-2H3,(H,23,24). The van der Waals surface area contributed by atoms with Crippen LogP contribution >= 0.6 is 0 Å². The predicted molar refractivity (Wildman–Crippen MR) is 99.6 cm³/mol. The number of ether oxygens (including phenoxy) is 1. The number of nitrogens with zero attached hydrogens (tertiary/aromatic N) is 1. The van der Waals surface area contributed by atoms with Gasteiger partial charge in [-0.1, -0.05) is 18.2 Å². The summed E-state index contributed by atoms with van der Waals surface area (Å²) >= 11 is 0. The van der Waals surface area contributed by atoms with Crippen molar-refractivity contribution in [1.29, 1.82) is 0 Å². The van der Waals surface area contributed by atoms with Crippen molar-refractivity contribution in [3.8, 4) is 5.75 Å². The molecule has 0 radical (unpaired) electrons. The molecule has 0 saturated heterocycles. The summed E-state index contributed by atoms with van der Waals surface area (Å²) in [6.45, 7) is 1.98. The molecule has 3 aromatic rings. The molecule has 3 rings (SSSR count). The molecule has 5 heteroatoms. The lowest BCUT2D eigenvalue weighted by Crippen LogP contribution is -2.12. The molecular weight excluding hydrogens is 314 g/mol. The maximum absolute atomic E-state index is 12.4. The molecule has 0 aliphatic heterocycles. The van der Waals surface area contributed by atoms with Crippen molar-refractivity contribution in [3.63, 3.8) is 0 Å². The van der Waals surface area contributed by atoms with Crippen LogP contribution in [0.15, 0.2) is 67.0 Å². The van der Waals surface area contributed by atoms with Gasteiger partial charge in [-0.3, -0.25) is 9.78 Å². The third kappa shape index (κ3) is 4.35. The normalized spacial score (nSPS) is 10.2. The van der Waals surface area contributed by atoms with E-state index in [2.05, 4.69) is 15.6 Å². The summed E-state index contributed by atoms with van der Waals surface area (Å²) in [5.41, 5.74) is 3.91. The summed E-state index contributed by atoms with van der Waals surface area (Å²) in [6.07, 6.45) is 3.21. The van der Waals surface area contributed by atoms with Gasteiger partial charge in [0.2, 0.25) is 0 Å². The third-order valence-corrected chi connectivity index (χ3v) is 3.63. The second-order valence-corrected chi connectivity index (χ2v) is 5.64. The maximum atomic E-state index is 12.4. The van der Waals surface area contributed by atoms with E-state index in [1.807, 2.05) is 55.5 Å². The molecule has 1 heterocycles. The van der Waals surface area contributed by atoms with Gasteiger partial charge in [-0.05, 0) is 42.8 Å². The molecule has 1 aromatic heterocycles. The monoisotopic (exact) mass is 333 g/mol. The van der Waals surface area contributed by atoms with Gasteiger partial charge in [0.25, 0.3) is 5.91 Å². The second kappa shape index (κ2) is 7.49. The molecule has 0 bridgehead atoms. The lowest BCUT2D eigenvalue weighted by atomic mass is 10.2. The van der Waals surface area contributed by atoms with Crippen LogP contribution in [0.3, 0.4) is 0 Å². The number of aromatic nitrogens is 1. The Morgan fingerprint density at radius 3 is 2.56 bits per heavy atom. The van der Waals surface area contributed by atoms with Crippen LogP contribution in [0.25, 0.3) is 0 Å². The number of benzene rings is 2. The smallest absolute Gasteiger partial charge is 0.257 e. The molecule has 0 fully saturated rings. The summed E-state index contributed by atoms with van der Waals surface area (Å²) in [5, 5.41) is 6.11. The van der Waals surface area contributed by atoms with E-state index in [1.165, 1.54) is 0 Å². The van der Waals surface area contributed by atoms with Gasteiger partial charge in [-0.15, -0.1) is 0 Å². The van der Waals surface area contributed by atoms with E-state index in [4.69, 9.17) is 4.74 Å². The number of aryl methyl sites for hydroxylation is 1. The molecule has 0 atom stereocenters. The molecule has 0 aliphatic rings. The highest BCUT2D eigenvalue weighted by Crippen LogP contribution is 2.21. The third-order valence-electron chi connectivity index (χ3n) is 3.63. The number of nitrogens with one attached hydrogen (secondary N) is 2. The van der Waals surface area contributed by atoms with E-state index < -0.39 is 0 Å². The first-order chi connectivity index (χ1) is 12.1. The predicted octanol–water partition coefficient (Wildman–Crippen LogP) is 4.39. The Hall–Kier alpha value is -3.34. The molecule has 1 amide bonds. The van der Waals surface area contributed by atoms with E-state index in [9.17, 15) is 4.79 Å². The van der Waals surface area contributed by atoms with Crippen molar-refractivity contribution in [2.24, 2.45) is 0 Å². The SMILES string of the molecule is COc1cccc(Nc2cncc(C(=O)Nc3cccc(C)c3)c2)c1. The van der Waals surface area contributed by atoms with Crippen molar-refractivity contribution >= 4 is 23.0 Å². The molecule has 0 saturated carbocycles. The molecule has 0 aliphatic carbocycles. The fourth-order valence-electron chi connectivity index (χ4n) is 2.43. The Morgan fingerprint density at radius 2 is 1.76 bits per heavy atom. The summed E-state index contributed by atoms with van der Waals surface area (Å²) in [4.78, 5) is 16.6. The Bertz CT molecular complexity index is 893. The van der Waals surface area contributed by atoms with E-state index in [0.29, 0.717) is 5.56 Å². The zero-order valence-electron chi connectivity index (χ0n) is 14.1. The number of carbonyl (C=O) groups is 1. The molecule has 0 spiro atoms. The Labute approximate surface area is 146 Å². The van der Waals surface area contributed by atoms with Gasteiger partial charge in [0.05, 0.1) is 24.6 Å². The second-order valence-electron chi connectivity index (χ2n) is 5.64. The summed E-state index contributed by atoms with van der Waals surface area (Å²) in [7, 11) is 1.62. The van der Waals surface area contributed by atoms with Gasteiger partial charge in [-0.2, -0.15) is 0 Å².